The van der Waals surface area contributed by atoms with Gasteiger partial charge >= 0.3 is 0 Å². The van der Waals surface area contributed by atoms with E-state index in [1.165, 1.54) is 0 Å². The number of nitriles is 1. The Balaban J connectivity index is 2.10. The average Bonchev–Trinajstić information content (AvgIpc) is 2.29. The molecule has 0 saturated heterocycles. The zero-order valence-electron chi connectivity index (χ0n) is 9.25. The Morgan fingerprint density at radius 1 is 1.31 bits per heavy atom. The molecule has 2 nitrogen and oxygen atoms in total. The summed E-state index contributed by atoms with van der Waals surface area (Å²) in [5.41, 5.74) is -0.0281. The van der Waals surface area contributed by atoms with E-state index < -0.39 is 5.67 Å². The van der Waals surface area contributed by atoms with Crippen LogP contribution >= 0.6 is 0 Å². The van der Waals surface area contributed by atoms with Crippen molar-refractivity contribution in [2.75, 3.05) is 0 Å². The minimum atomic E-state index is -1.10. The molecule has 0 aliphatic heterocycles. The molecule has 3 heteroatoms. The van der Waals surface area contributed by atoms with E-state index in [0.717, 1.165) is 19.3 Å². The largest absolute Gasteiger partial charge is 0.243 e. The van der Waals surface area contributed by atoms with Crippen LogP contribution in [0.15, 0.2) is 18.2 Å². The molecule has 0 spiro atoms. The van der Waals surface area contributed by atoms with E-state index in [9.17, 15) is 4.39 Å². The van der Waals surface area contributed by atoms with Gasteiger partial charge in [0.05, 0.1) is 0 Å². The molecule has 1 heterocycles. The number of aromatic nitrogens is 1. The molecule has 1 aromatic heterocycles. The van der Waals surface area contributed by atoms with Gasteiger partial charge in [0, 0.05) is 12.1 Å². The molecule has 2 rings (SSSR count). The quantitative estimate of drug-likeness (QED) is 0.764. The molecule has 16 heavy (non-hydrogen) atoms. The molecular weight excluding hydrogens is 203 g/mol. The smallest absolute Gasteiger partial charge is 0.140 e. The summed E-state index contributed by atoms with van der Waals surface area (Å²) < 4.78 is 14.4. The van der Waals surface area contributed by atoms with Crippen LogP contribution in [0.3, 0.4) is 0 Å². The summed E-state index contributed by atoms with van der Waals surface area (Å²) >= 11 is 0. The lowest BCUT2D eigenvalue weighted by atomic mass is 9.83. The Kier molecular flexibility index (Phi) is 3.19. The summed E-state index contributed by atoms with van der Waals surface area (Å²) in [6.07, 6.45) is 4.68. The highest BCUT2D eigenvalue weighted by atomic mass is 19.1. The van der Waals surface area contributed by atoms with Crippen molar-refractivity contribution < 1.29 is 4.39 Å². The normalized spacial score (nSPS) is 19.0. The van der Waals surface area contributed by atoms with Gasteiger partial charge in [-0.2, -0.15) is 5.26 Å². The van der Waals surface area contributed by atoms with Crippen molar-refractivity contribution in [3.8, 4) is 6.07 Å². The fraction of sp³-hybridized carbons (Fsp3) is 0.538. The van der Waals surface area contributed by atoms with E-state index in [1.807, 2.05) is 6.07 Å². The lowest BCUT2D eigenvalue weighted by Gasteiger charge is -2.29. The fourth-order valence-corrected chi connectivity index (χ4v) is 2.33. The van der Waals surface area contributed by atoms with Gasteiger partial charge in [0.2, 0.25) is 0 Å². The molecule has 0 amide bonds. The summed E-state index contributed by atoms with van der Waals surface area (Å²) in [4.78, 5) is 4.13. The maximum absolute atomic E-state index is 14.4. The van der Waals surface area contributed by atoms with Gasteiger partial charge in [-0.3, -0.25) is 0 Å². The second-order valence-corrected chi connectivity index (χ2v) is 4.51. The lowest BCUT2D eigenvalue weighted by Crippen LogP contribution is -2.29. The summed E-state index contributed by atoms with van der Waals surface area (Å²) in [7, 11) is 0. The Morgan fingerprint density at radius 3 is 2.75 bits per heavy atom. The molecular formula is C13H15FN2. The van der Waals surface area contributed by atoms with Crippen LogP contribution in [0.2, 0.25) is 0 Å². The Hall–Kier alpha value is -1.43. The third-order valence-electron chi connectivity index (χ3n) is 3.17. The van der Waals surface area contributed by atoms with Gasteiger partial charge in [-0.05, 0) is 25.0 Å². The summed E-state index contributed by atoms with van der Waals surface area (Å²) in [6.45, 7) is 0. The molecule has 0 bridgehead atoms. The first-order chi connectivity index (χ1) is 7.72. The predicted molar refractivity (Wildman–Crippen MR) is 59.6 cm³/mol. The first-order valence-corrected chi connectivity index (χ1v) is 5.77. The molecule has 0 aromatic carbocycles. The Bertz CT molecular complexity index is 403. The van der Waals surface area contributed by atoms with Crippen LogP contribution in [-0.4, -0.2) is 10.7 Å². The van der Waals surface area contributed by atoms with Crippen molar-refractivity contribution in [3.05, 3.63) is 29.6 Å². The Labute approximate surface area is 95.1 Å². The van der Waals surface area contributed by atoms with Crippen molar-refractivity contribution >= 4 is 0 Å². The van der Waals surface area contributed by atoms with E-state index in [1.54, 1.807) is 18.2 Å². The number of alkyl halides is 1. The highest BCUT2D eigenvalue weighted by Crippen LogP contribution is 2.34. The second kappa shape index (κ2) is 4.61. The predicted octanol–water partition coefficient (Wildman–Crippen LogP) is 3.17. The van der Waals surface area contributed by atoms with Gasteiger partial charge in [-0.1, -0.05) is 25.3 Å². The van der Waals surface area contributed by atoms with Crippen LogP contribution in [0.5, 0.6) is 0 Å². The van der Waals surface area contributed by atoms with E-state index in [0.29, 0.717) is 30.7 Å². The van der Waals surface area contributed by atoms with E-state index >= 15 is 0 Å². The summed E-state index contributed by atoms with van der Waals surface area (Å²) in [5, 5.41) is 8.73. The first kappa shape index (κ1) is 11.1. The molecule has 0 radical (unpaired) electrons. The van der Waals surface area contributed by atoms with Gasteiger partial charge < -0.3 is 0 Å². The van der Waals surface area contributed by atoms with Crippen molar-refractivity contribution in [2.45, 2.75) is 44.2 Å². The van der Waals surface area contributed by atoms with E-state index in [2.05, 4.69) is 4.98 Å². The lowest BCUT2D eigenvalue weighted by molar-refractivity contribution is 0.106. The number of hydrogen-bond donors (Lipinski definition) is 0. The maximum Gasteiger partial charge on any atom is 0.140 e. The molecule has 0 atom stereocenters. The van der Waals surface area contributed by atoms with Gasteiger partial charge in [0.15, 0.2) is 0 Å². The molecule has 1 aliphatic carbocycles. The van der Waals surface area contributed by atoms with E-state index in [4.69, 9.17) is 5.26 Å². The summed E-state index contributed by atoms with van der Waals surface area (Å²) in [6, 6.07) is 7.20. The monoisotopic (exact) mass is 218 g/mol. The molecule has 1 fully saturated rings. The van der Waals surface area contributed by atoms with Gasteiger partial charge in [0.25, 0.3) is 0 Å². The van der Waals surface area contributed by atoms with Crippen LogP contribution in [0.25, 0.3) is 0 Å². The first-order valence-electron chi connectivity index (χ1n) is 5.77. The van der Waals surface area contributed by atoms with Crippen molar-refractivity contribution in [1.29, 1.82) is 5.26 Å². The van der Waals surface area contributed by atoms with Crippen LogP contribution < -0.4 is 0 Å². The van der Waals surface area contributed by atoms with Crippen molar-refractivity contribution in [2.24, 2.45) is 0 Å². The van der Waals surface area contributed by atoms with Crippen LogP contribution in [0, 0.1) is 11.3 Å². The van der Waals surface area contributed by atoms with Gasteiger partial charge in [-0.15, -0.1) is 0 Å². The van der Waals surface area contributed by atoms with Gasteiger partial charge in [0.1, 0.15) is 17.4 Å². The standard InChI is InChI=1S/C13H15FN2/c14-13(7-2-1-3-8-13)9-11-5-4-6-12(10-15)16-11/h4-6H,1-3,7-9H2. The third kappa shape index (κ3) is 2.57. The Morgan fingerprint density at radius 2 is 2.06 bits per heavy atom. The topological polar surface area (TPSA) is 36.7 Å². The summed E-state index contributed by atoms with van der Waals surface area (Å²) in [5.74, 6) is 0. The van der Waals surface area contributed by atoms with Crippen LogP contribution in [0.4, 0.5) is 4.39 Å². The molecule has 1 aromatic rings. The number of rotatable bonds is 2. The molecule has 1 saturated carbocycles. The minimum absolute atomic E-state index is 0.350. The molecule has 0 unspecified atom stereocenters. The van der Waals surface area contributed by atoms with Crippen molar-refractivity contribution in [1.82, 2.24) is 4.98 Å². The third-order valence-corrected chi connectivity index (χ3v) is 3.17. The number of halogens is 1. The maximum atomic E-state index is 14.4. The molecule has 0 N–H and O–H groups in total. The molecule has 1 aliphatic rings. The van der Waals surface area contributed by atoms with Crippen LogP contribution in [0.1, 0.15) is 43.5 Å². The highest BCUT2D eigenvalue weighted by molar-refractivity contribution is 5.23. The highest BCUT2D eigenvalue weighted by Gasteiger charge is 2.32. The number of hydrogen-bond acceptors (Lipinski definition) is 2. The van der Waals surface area contributed by atoms with Gasteiger partial charge in [-0.25, -0.2) is 9.37 Å². The van der Waals surface area contributed by atoms with E-state index in [-0.39, 0.29) is 0 Å². The fourth-order valence-electron chi connectivity index (χ4n) is 2.33. The SMILES string of the molecule is N#Cc1cccc(CC2(F)CCCCC2)n1. The molecule has 84 valence electrons. The zero-order chi connectivity index (χ0) is 11.4. The second-order valence-electron chi connectivity index (χ2n) is 4.51. The minimum Gasteiger partial charge on any atom is -0.243 e. The number of pyridine rings is 1. The average molecular weight is 218 g/mol. The zero-order valence-corrected chi connectivity index (χ0v) is 9.25. The van der Waals surface area contributed by atoms with Crippen molar-refractivity contribution in [3.63, 3.8) is 0 Å². The van der Waals surface area contributed by atoms with Crippen LogP contribution in [-0.2, 0) is 6.42 Å². The number of nitrogens with zero attached hydrogens (tertiary/aromatic N) is 2.